The highest BCUT2D eigenvalue weighted by Gasteiger charge is 2.31. The van der Waals surface area contributed by atoms with Gasteiger partial charge in [-0.1, -0.05) is 42.5 Å². The third-order valence-electron chi connectivity index (χ3n) is 5.63. The van der Waals surface area contributed by atoms with Crippen LogP contribution in [0.3, 0.4) is 0 Å². The molecule has 1 saturated heterocycles. The monoisotopic (exact) mass is 421 g/mol. The Morgan fingerprint density at radius 2 is 1.97 bits per heavy atom. The van der Waals surface area contributed by atoms with Gasteiger partial charge in [0.25, 0.3) is 0 Å². The van der Waals surface area contributed by atoms with Crippen molar-refractivity contribution < 1.29 is 14.6 Å². The summed E-state index contributed by atoms with van der Waals surface area (Å²) in [6.45, 7) is 4.15. The van der Waals surface area contributed by atoms with E-state index in [2.05, 4.69) is 47.5 Å². The minimum Gasteiger partial charge on any atom is -0.489 e. The van der Waals surface area contributed by atoms with Crippen molar-refractivity contribution in [2.45, 2.75) is 32.4 Å². The van der Waals surface area contributed by atoms with Crippen LogP contribution in [-0.2, 0) is 11.4 Å². The first-order valence-electron chi connectivity index (χ1n) is 10.4. The molecule has 4 nitrogen and oxygen atoms in total. The number of hydrogen-bond acceptors (Lipinski definition) is 4. The molecule has 0 aliphatic carbocycles. The predicted molar refractivity (Wildman–Crippen MR) is 120 cm³/mol. The molecule has 0 amide bonds. The van der Waals surface area contributed by atoms with E-state index in [1.165, 1.54) is 16.0 Å². The Balaban J connectivity index is 1.54. The summed E-state index contributed by atoms with van der Waals surface area (Å²) in [7, 11) is 0. The van der Waals surface area contributed by atoms with E-state index in [0.717, 1.165) is 30.7 Å². The zero-order valence-corrected chi connectivity index (χ0v) is 18.0. The van der Waals surface area contributed by atoms with Crippen LogP contribution in [-0.4, -0.2) is 29.1 Å². The molecule has 3 aromatic rings. The molecule has 1 N–H and O–H groups in total. The van der Waals surface area contributed by atoms with Gasteiger partial charge in [0.2, 0.25) is 0 Å². The summed E-state index contributed by atoms with van der Waals surface area (Å²) in [5, 5.41) is 11.7. The number of carbonyl (C=O) groups is 1. The number of piperidine rings is 1. The van der Waals surface area contributed by atoms with Gasteiger partial charge in [0.05, 0.1) is 12.0 Å². The maximum atomic E-state index is 11.6. The largest absolute Gasteiger partial charge is 0.489 e. The van der Waals surface area contributed by atoms with Gasteiger partial charge < -0.3 is 9.84 Å². The number of benzene rings is 2. The molecule has 1 aliphatic rings. The van der Waals surface area contributed by atoms with Gasteiger partial charge in [-0.05, 0) is 66.6 Å². The van der Waals surface area contributed by atoms with Crippen molar-refractivity contribution in [3.8, 4) is 5.75 Å². The van der Waals surface area contributed by atoms with E-state index in [1.54, 1.807) is 11.3 Å². The fourth-order valence-electron chi connectivity index (χ4n) is 4.08. The number of rotatable bonds is 7. The molecule has 0 saturated carbocycles. The summed E-state index contributed by atoms with van der Waals surface area (Å²) in [4.78, 5) is 15.2. The summed E-state index contributed by atoms with van der Waals surface area (Å²) in [5.41, 5.74) is 3.56. The van der Waals surface area contributed by atoms with Crippen LogP contribution >= 0.6 is 11.3 Å². The number of ether oxygens (including phenoxy) is 1. The maximum absolute atomic E-state index is 11.6. The predicted octanol–water partition coefficient (Wildman–Crippen LogP) is 5.52. The van der Waals surface area contributed by atoms with Gasteiger partial charge in [-0.3, -0.25) is 9.69 Å². The number of nitrogens with zero attached hydrogens (tertiary/aromatic N) is 1. The smallest absolute Gasteiger partial charge is 0.307 e. The molecule has 4 rings (SSSR count). The first-order chi connectivity index (χ1) is 14.6. The molecule has 30 heavy (non-hydrogen) atoms. The summed E-state index contributed by atoms with van der Waals surface area (Å²) in [5.74, 6) is -0.146. The van der Waals surface area contributed by atoms with Crippen molar-refractivity contribution >= 4 is 17.3 Å². The number of likely N-dealkylation sites (tertiary alicyclic amines) is 1. The third kappa shape index (κ3) is 4.91. The van der Waals surface area contributed by atoms with Crippen LogP contribution in [0.2, 0.25) is 0 Å². The molecule has 1 fully saturated rings. The first-order valence-corrected chi connectivity index (χ1v) is 11.3. The Bertz CT molecular complexity index is 968. The molecule has 0 bridgehead atoms. The van der Waals surface area contributed by atoms with Crippen LogP contribution in [0.4, 0.5) is 0 Å². The van der Waals surface area contributed by atoms with E-state index in [-0.39, 0.29) is 12.0 Å². The van der Waals surface area contributed by atoms with E-state index in [1.807, 2.05) is 30.3 Å². The summed E-state index contributed by atoms with van der Waals surface area (Å²) in [6, 6.07) is 20.7. The van der Waals surface area contributed by atoms with Crippen LogP contribution in [0.15, 0.2) is 66.0 Å². The highest BCUT2D eigenvalue weighted by Crippen LogP contribution is 2.36. The van der Waals surface area contributed by atoms with Crippen molar-refractivity contribution in [1.82, 2.24) is 4.90 Å². The van der Waals surface area contributed by atoms with E-state index in [4.69, 9.17) is 4.74 Å². The maximum Gasteiger partial charge on any atom is 0.307 e. The molecule has 2 atom stereocenters. The van der Waals surface area contributed by atoms with Crippen LogP contribution in [0.25, 0.3) is 0 Å². The zero-order valence-electron chi connectivity index (χ0n) is 17.2. The number of carboxylic acid groups (broad SMARTS) is 1. The van der Waals surface area contributed by atoms with Crippen molar-refractivity contribution in [2.75, 3.05) is 13.1 Å². The SMILES string of the molecule is Cc1csc(C(c2ccc(OCc3ccccc3)cc2)N2CCCC(C(=O)O)C2)c1. The lowest BCUT2D eigenvalue weighted by Gasteiger charge is -2.37. The van der Waals surface area contributed by atoms with Crippen molar-refractivity contribution in [3.05, 3.63) is 87.6 Å². The zero-order chi connectivity index (χ0) is 20.9. The highest BCUT2D eigenvalue weighted by atomic mass is 32.1. The standard InChI is InChI=1S/C25H27NO3S/c1-18-14-23(30-17-18)24(26-13-5-8-21(15-26)25(27)28)20-9-11-22(12-10-20)29-16-19-6-3-2-4-7-19/h2-4,6-7,9-12,14,17,21,24H,5,8,13,15-16H2,1H3,(H,27,28). The molecule has 2 unspecified atom stereocenters. The van der Waals surface area contributed by atoms with Gasteiger partial charge in [0.1, 0.15) is 12.4 Å². The average Bonchev–Trinajstić information content (AvgIpc) is 3.20. The Kier molecular flexibility index (Phi) is 6.50. The molecule has 0 spiro atoms. The molecular formula is C25H27NO3S. The molecule has 1 aliphatic heterocycles. The van der Waals surface area contributed by atoms with E-state index < -0.39 is 5.97 Å². The van der Waals surface area contributed by atoms with Gasteiger partial charge in [0, 0.05) is 11.4 Å². The quantitative estimate of drug-likeness (QED) is 0.546. The fraction of sp³-hybridized carbons (Fsp3) is 0.320. The number of thiophene rings is 1. The average molecular weight is 422 g/mol. The summed E-state index contributed by atoms with van der Waals surface area (Å²) in [6.07, 6.45) is 1.67. The van der Waals surface area contributed by atoms with Crippen molar-refractivity contribution in [2.24, 2.45) is 5.92 Å². The normalized spacial score (nSPS) is 18.1. The molecular weight excluding hydrogens is 394 g/mol. The minimum absolute atomic E-state index is 0.0778. The van der Waals surface area contributed by atoms with Gasteiger partial charge in [0.15, 0.2) is 0 Å². The molecule has 156 valence electrons. The number of hydrogen-bond donors (Lipinski definition) is 1. The summed E-state index contributed by atoms with van der Waals surface area (Å²) >= 11 is 1.75. The Labute approximate surface area is 181 Å². The van der Waals surface area contributed by atoms with Crippen LogP contribution < -0.4 is 4.74 Å². The minimum atomic E-state index is -0.689. The van der Waals surface area contributed by atoms with Crippen molar-refractivity contribution in [3.63, 3.8) is 0 Å². The summed E-state index contributed by atoms with van der Waals surface area (Å²) < 4.78 is 5.94. The second-order valence-electron chi connectivity index (χ2n) is 7.94. The van der Waals surface area contributed by atoms with Gasteiger partial charge in [-0.15, -0.1) is 11.3 Å². The van der Waals surface area contributed by atoms with E-state index >= 15 is 0 Å². The second kappa shape index (κ2) is 9.45. The second-order valence-corrected chi connectivity index (χ2v) is 8.89. The van der Waals surface area contributed by atoms with Gasteiger partial charge >= 0.3 is 5.97 Å². The number of aliphatic carboxylic acids is 1. The topological polar surface area (TPSA) is 49.8 Å². The molecule has 1 aromatic heterocycles. The van der Waals surface area contributed by atoms with Crippen LogP contribution in [0, 0.1) is 12.8 Å². The third-order valence-corrected chi connectivity index (χ3v) is 6.73. The lowest BCUT2D eigenvalue weighted by Crippen LogP contribution is -2.41. The molecule has 0 radical (unpaired) electrons. The van der Waals surface area contributed by atoms with Crippen LogP contribution in [0.1, 0.15) is 40.5 Å². The number of carboxylic acids is 1. The number of aryl methyl sites for hydroxylation is 1. The Morgan fingerprint density at radius 3 is 2.63 bits per heavy atom. The lowest BCUT2D eigenvalue weighted by molar-refractivity contribution is -0.143. The fourth-order valence-corrected chi connectivity index (χ4v) is 5.14. The van der Waals surface area contributed by atoms with Gasteiger partial charge in [-0.2, -0.15) is 0 Å². The van der Waals surface area contributed by atoms with Crippen LogP contribution in [0.5, 0.6) is 5.75 Å². The van der Waals surface area contributed by atoms with E-state index in [9.17, 15) is 9.90 Å². The molecule has 2 heterocycles. The highest BCUT2D eigenvalue weighted by molar-refractivity contribution is 7.10. The molecule has 5 heteroatoms. The Hall–Kier alpha value is -2.63. The van der Waals surface area contributed by atoms with Crippen molar-refractivity contribution in [1.29, 1.82) is 0 Å². The van der Waals surface area contributed by atoms with E-state index in [0.29, 0.717) is 13.2 Å². The lowest BCUT2D eigenvalue weighted by atomic mass is 9.94. The Morgan fingerprint density at radius 1 is 1.20 bits per heavy atom. The van der Waals surface area contributed by atoms with Gasteiger partial charge in [-0.25, -0.2) is 0 Å². The first kappa shape index (κ1) is 20.6. The molecule has 2 aromatic carbocycles.